The van der Waals surface area contributed by atoms with Crippen LogP contribution in [0.15, 0.2) is 12.7 Å². The minimum absolute atomic E-state index is 0.0957. The van der Waals surface area contributed by atoms with Gasteiger partial charge in [-0.05, 0) is 12.8 Å². The predicted octanol–water partition coefficient (Wildman–Crippen LogP) is 0.429. The number of hydrogen-bond acceptors (Lipinski definition) is 3. The zero-order valence-electron chi connectivity index (χ0n) is 12.2. The van der Waals surface area contributed by atoms with E-state index in [1.54, 1.807) is 6.92 Å². The van der Waals surface area contributed by atoms with Gasteiger partial charge in [0.25, 0.3) is 0 Å². The predicted molar refractivity (Wildman–Crippen MR) is 75.2 cm³/mol. The first-order valence-electron chi connectivity index (χ1n) is 6.43. The third kappa shape index (κ3) is 7.40. The summed E-state index contributed by atoms with van der Waals surface area (Å²) in [5.74, 6) is -1.12. The first-order chi connectivity index (χ1) is 9.27. The van der Waals surface area contributed by atoms with Gasteiger partial charge in [0.2, 0.25) is 5.91 Å². The van der Waals surface area contributed by atoms with E-state index in [0.717, 1.165) is 4.90 Å². The first kappa shape index (κ1) is 17.9. The number of aliphatic carboxylic acids is 1. The molecule has 0 saturated heterocycles. The molecule has 1 atom stereocenters. The van der Waals surface area contributed by atoms with Crippen molar-refractivity contribution in [2.75, 3.05) is 19.6 Å². The fraction of sp³-hybridized carbons (Fsp3) is 0.615. The Kier molecular flexibility index (Phi) is 8.03. The molecule has 0 saturated carbocycles. The molecule has 3 amide bonds. The van der Waals surface area contributed by atoms with Gasteiger partial charge in [-0.15, -0.1) is 6.58 Å². The molecule has 0 bridgehead atoms. The van der Waals surface area contributed by atoms with Gasteiger partial charge in [0.15, 0.2) is 0 Å². The largest absolute Gasteiger partial charge is 0.480 e. The van der Waals surface area contributed by atoms with E-state index >= 15 is 0 Å². The fourth-order valence-corrected chi connectivity index (χ4v) is 1.34. The van der Waals surface area contributed by atoms with Gasteiger partial charge in [-0.1, -0.05) is 19.9 Å². The highest BCUT2D eigenvalue weighted by atomic mass is 16.4. The molecule has 0 fully saturated rings. The smallest absolute Gasteiger partial charge is 0.323 e. The molecule has 0 aromatic carbocycles. The normalized spacial score (nSPS) is 11.6. The molecule has 0 aliphatic rings. The summed E-state index contributed by atoms with van der Waals surface area (Å²) in [6.07, 6.45) is 1.42. The fourth-order valence-electron chi connectivity index (χ4n) is 1.34. The van der Waals surface area contributed by atoms with Crippen LogP contribution in [0.25, 0.3) is 0 Å². The summed E-state index contributed by atoms with van der Waals surface area (Å²) in [5, 5.41) is 13.9. The number of nitrogens with one attached hydrogen (secondary N) is 2. The number of hydrogen-bond donors (Lipinski definition) is 3. The summed E-state index contributed by atoms with van der Waals surface area (Å²) in [5.41, 5.74) is 0. The summed E-state index contributed by atoms with van der Waals surface area (Å²) in [6, 6.07) is -1.35. The van der Waals surface area contributed by atoms with Crippen molar-refractivity contribution < 1.29 is 19.5 Å². The molecule has 0 radical (unpaired) electrons. The van der Waals surface area contributed by atoms with E-state index in [0.29, 0.717) is 12.5 Å². The number of nitrogens with zero attached hydrogens (tertiary/aromatic N) is 1. The van der Waals surface area contributed by atoms with Crippen molar-refractivity contribution in [2.45, 2.75) is 26.8 Å². The Balaban J connectivity index is 4.42. The van der Waals surface area contributed by atoms with E-state index < -0.39 is 24.6 Å². The highest BCUT2D eigenvalue weighted by Crippen LogP contribution is 1.94. The summed E-state index contributed by atoms with van der Waals surface area (Å²) < 4.78 is 0. The van der Waals surface area contributed by atoms with Crippen LogP contribution < -0.4 is 10.6 Å². The van der Waals surface area contributed by atoms with Crippen LogP contribution in [-0.4, -0.2) is 53.6 Å². The molecular formula is C13H23N3O4. The number of carbonyl (C=O) groups excluding carboxylic acids is 2. The van der Waals surface area contributed by atoms with E-state index in [1.807, 2.05) is 13.8 Å². The van der Waals surface area contributed by atoms with Gasteiger partial charge in [0.1, 0.15) is 12.6 Å². The van der Waals surface area contributed by atoms with Crippen LogP contribution in [0.5, 0.6) is 0 Å². The van der Waals surface area contributed by atoms with E-state index in [4.69, 9.17) is 5.11 Å². The number of rotatable bonds is 8. The van der Waals surface area contributed by atoms with Crippen LogP contribution in [0, 0.1) is 5.92 Å². The molecule has 114 valence electrons. The van der Waals surface area contributed by atoms with Gasteiger partial charge >= 0.3 is 12.0 Å². The van der Waals surface area contributed by atoms with E-state index in [1.165, 1.54) is 6.08 Å². The number of urea groups is 1. The van der Waals surface area contributed by atoms with Crippen molar-refractivity contribution in [2.24, 2.45) is 5.92 Å². The van der Waals surface area contributed by atoms with Crippen LogP contribution >= 0.6 is 0 Å². The van der Waals surface area contributed by atoms with Crippen LogP contribution in [-0.2, 0) is 9.59 Å². The van der Waals surface area contributed by atoms with Crippen molar-refractivity contribution in [1.82, 2.24) is 15.5 Å². The second kappa shape index (κ2) is 8.95. The molecule has 0 rings (SSSR count). The second-order valence-electron chi connectivity index (χ2n) is 4.87. The number of carboxylic acid groups (broad SMARTS) is 1. The molecule has 1 unspecified atom stereocenters. The molecule has 0 heterocycles. The maximum Gasteiger partial charge on any atom is 0.323 e. The molecular weight excluding hydrogens is 262 g/mol. The third-order valence-corrected chi connectivity index (χ3v) is 2.38. The zero-order valence-corrected chi connectivity index (χ0v) is 12.2. The second-order valence-corrected chi connectivity index (χ2v) is 4.87. The van der Waals surface area contributed by atoms with Crippen molar-refractivity contribution in [3.8, 4) is 0 Å². The molecule has 3 N–H and O–H groups in total. The Morgan fingerprint density at radius 3 is 2.35 bits per heavy atom. The molecule has 7 heteroatoms. The summed E-state index contributed by atoms with van der Waals surface area (Å²) in [7, 11) is 0. The van der Waals surface area contributed by atoms with Crippen LogP contribution in [0.3, 0.4) is 0 Å². The Morgan fingerprint density at radius 1 is 1.30 bits per heavy atom. The van der Waals surface area contributed by atoms with Crippen molar-refractivity contribution >= 4 is 17.9 Å². The van der Waals surface area contributed by atoms with Gasteiger partial charge in [0, 0.05) is 13.1 Å². The van der Waals surface area contributed by atoms with Gasteiger partial charge in [0.05, 0.1) is 0 Å². The van der Waals surface area contributed by atoms with Gasteiger partial charge < -0.3 is 20.6 Å². The quantitative estimate of drug-likeness (QED) is 0.563. The molecule has 0 aromatic heterocycles. The van der Waals surface area contributed by atoms with E-state index in [-0.39, 0.29) is 12.5 Å². The van der Waals surface area contributed by atoms with Gasteiger partial charge in [-0.2, -0.15) is 0 Å². The highest BCUT2D eigenvalue weighted by molar-refractivity contribution is 5.87. The van der Waals surface area contributed by atoms with Crippen molar-refractivity contribution in [3.63, 3.8) is 0 Å². The number of amides is 3. The minimum atomic E-state index is -1.13. The summed E-state index contributed by atoms with van der Waals surface area (Å²) in [6.45, 7) is 9.09. The van der Waals surface area contributed by atoms with Crippen molar-refractivity contribution in [3.05, 3.63) is 12.7 Å². The van der Waals surface area contributed by atoms with Gasteiger partial charge in [-0.25, -0.2) is 4.79 Å². The van der Waals surface area contributed by atoms with Gasteiger partial charge in [-0.3, -0.25) is 9.59 Å². The standard InChI is InChI=1S/C13H23N3O4/c1-5-6-16(8-11(17)18)13(20)15-10(4)12(19)14-7-9(2)3/h5,9-10H,1,6-8H2,2-4H3,(H,14,19)(H,15,20)(H,17,18). The summed E-state index contributed by atoms with van der Waals surface area (Å²) >= 11 is 0. The molecule has 0 aliphatic heterocycles. The minimum Gasteiger partial charge on any atom is -0.480 e. The van der Waals surface area contributed by atoms with Crippen molar-refractivity contribution in [1.29, 1.82) is 0 Å². The molecule has 20 heavy (non-hydrogen) atoms. The lowest BCUT2D eigenvalue weighted by molar-refractivity contribution is -0.137. The Morgan fingerprint density at radius 2 is 1.90 bits per heavy atom. The number of carbonyl (C=O) groups is 3. The summed E-state index contributed by atoms with van der Waals surface area (Å²) in [4.78, 5) is 35.3. The van der Waals surface area contributed by atoms with Crippen LogP contribution in [0.1, 0.15) is 20.8 Å². The number of carboxylic acids is 1. The topological polar surface area (TPSA) is 98.7 Å². The first-order valence-corrected chi connectivity index (χ1v) is 6.43. The lowest BCUT2D eigenvalue weighted by atomic mass is 10.2. The molecule has 0 aromatic rings. The molecule has 7 nitrogen and oxygen atoms in total. The highest BCUT2D eigenvalue weighted by Gasteiger charge is 2.20. The average molecular weight is 285 g/mol. The van der Waals surface area contributed by atoms with E-state index in [2.05, 4.69) is 17.2 Å². The SMILES string of the molecule is C=CCN(CC(=O)O)C(=O)NC(C)C(=O)NCC(C)C. The van der Waals surface area contributed by atoms with E-state index in [9.17, 15) is 14.4 Å². The lowest BCUT2D eigenvalue weighted by Gasteiger charge is -2.22. The maximum atomic E-state index is 11.8. The lowest BCUT2D eigenvalue weighted by Crippen LogP contribution is -2.51. The average Bonchev–Trinajstić information content (AvgIpc) is 2.34. The molecule has 0 spiro atoms. The Hall–Kier alpha value is -2.05. The molecule has 0 aliphatic carbocycles. The monoisotopic (exact) mass is 285 g/mol. The zero-order chi connectivity index (χ0) is 15.7. The Labute approximate surface area is 119 Å². The van der Waals surface area contributed by atoms with Crippen LogP contribution in [0.4, 0.5) is 4.79 Å². The Bertz CT molecular complexity index is 369. The van der Waals surface area contributed by atoms with Crippen LogP contribution in [0.2, 0.25) is 0 Å². The third-order valence-electron chi connectivity index (χ3n) is 2.38. The maximum absolute atomic E-state index is 11.8.